The molecule has 1 saturated carbocycles. The van der Waals surface area contributed by atoms with E-state index in [0.29, 0.717) is 30.6 Å². The van der Waals surface area contributed by atoms with Crippen LogP contribution in [0.3, 0.4) is 0 Å². The SMILES string of the molecule is O=C(NCCCCCO)C(=O)Nc1ccccc1C(=O)NC1CC1. The van der Waals surface area contributed by atoms with Crippen LogP contribution in [-0.4, -0.2) is 42.0 Å². The van der Waals surface area contributed by atoms with Gasteiger partial charge >= 0.3 is 11.8 Å². The number of aliphatic hydroxyl groups excluding tert-OH is 1. The van der Waals surface area contributed by atoms with Crippen LogP contribution in [0.5, 0.6) is 0 Å². The van der Waals surface area contributed by atoms with Crippen molar-refractivity contribution in [3.63, 3.8) is 0 Å². The first-order valence-electron chi connectivity index (χ1n) is 8.21. The molecule has 1 aliphatic carbocycles. The number of hydrogen-bond acceptors (Lipinski definition) is 4. The standard InChI is InChI=1S/C17H23N3O4/c21-11-5-1-4-10-18-16(23)17(24)20-14-7-3-2-6-13(14)15(22)19-12-8-9-12/h2-3,6-7,12,21H,1,4-5,8-11H2,(H,18,23)(H,19,22)(H,20,24). The molecule has 7 nitrogen and oxygen atoms in total. The lowest BCUT2D eigenvalue weighted by Crippen LogP contribution is -2.36. The maximum atomic E-state index is 12.2. The Hall–Kier alpha value is -2.41. The maximum Gasteiger partial charge on any atom is 0.313 e. The van der Waals surface area contributed by atoms with E-state index in [0.717, 1.165) is 19.3 Å². The van der Waals surface area contributed by atoms with Crippen LogP contribution >= 0.6 is 0 Å². The van der Waals surface area contributed by atoms with Gasteiger partial charge in [0.05, 0.1) is 11.3 Å². The Bertz CT molecular complexity index is 599. The van der Waals surface area contributed by atoms with Crippen molar-refractivity contribution < 1.29 is 19.5 Å². The molecule has 0 spiro atoms. The van der Waals surface area contributed by atoms with E-state index >= 15 is 0 Å². The van der Waals surface area contributed by atoms with Gasteiger partial charge in [-0.25, -0.2) is 0 Å². The van der Waals surface area contributed by atoms with Gasteiger partial charge in [-0.3, -0.25) is 14.4 Å². The van der Waals surface area contributed by atoms with Crippen LogP contribution in [-0.2, 0) is 9.59 Å². The van der Waals surface area contributed by atoms with Gasteiger partial charge in [0.15, 0.2) is 0 Å². The molecule has 1 aromatic rings. The predicted octanol–water partition coefficient (Wildman–Crippen LogP) is 0.796. The molecule has 24 heavy (non-hydrogen) atoms. The number of benzene rings is 1. The van der Waals surface area contributed by atoms with Crippen molar-refractivity contribution >= 4 is 23.4 Å². The molecule has 4 N–H and O–H groups in total. The van der Waals surface area contributed by atoms with E-state index in [1.165, 1.54) is 0 Å². The second-order valence-electron chi connectivity index (χ2n) is 5.79. The molecule has 0 atom stereocenters. The fraction of sp³-hybridized carbons (Fsp3) is 0.471. The molecule has 0 aromatic heterocycles. The van der Waals surface area contributed by atoms with Gasteiger partial charge in [-0.05, 0) is 44.2 Å². The van der Waals surface area contributed by atoms with Crippen molar-refractivity contribution in [3.05, 3.63) is 29.8 Å². The first-order chi connectivity index (χ1) is 11.6. The summed E-state index contributed by atoms with van der Waals surface area (Å²) in [5.41, 5.74) is 0.657. The summed E-state index contributed by atoms with van der Waals surface area (Å²) in [6.07, 6.45) is 4.09. The highest BCUT2D eigenvalue weighted by Crippen LogP contribution is 2.21. The van der Waals surface area contributed by atoms with Crippen LogP contribution < -0.4 is 16.0 Å². The number of amides is 3. The molecular weight excluding hydrogens is 310 g/mol. The minimum absolute atomic E-state index is 0.119. The summed E-state index contributed by atoms with van der Waals surface area (Å²) in [6, 6.07) is 6.81. The molecule has 0 radical (unpaired) electrons. The quantitative estimate of drug-likeness (QED) is 0.417. The second kappa shape index (κ2) is 9.02. The van der Waals surface area contributed by atoms with E-state index < -0.39 is 11.8 Å². The number of carbonyl (C=O) groups excluding carboxylic acids is 3. The van der Waals surface area contributed by atoms with Crippen molar-refractivity contribution in [1.82, 2.24) is 10.6 Å². The molecule has 1 aliphatic rings. The number of rotatable bonds is 8. The summed E-state index contributed by atoms with van der Waals surface area (Å²) in [7, 11) is 0. The van der Waals surface area contributed by atoms with Crippen molar-refractivity contribution in [2.75, 3.05) is 18.5 Å². The number of hydrogen-bond donors (Lipinski definition) is 4. The number of carbonyl (C=O) groups is 3. The molecule has 0 bridgehead atoms. The van der Waals surface area contributed by atoms with Crippen molar-refractivity contribution in [2.24, 2.45) is 0 Å². The van der Waals surface area contributed by atoms with Gasteiger partial charge in [0.25, 0.3) is 5.91 Å². The molecule has 0 saturated heterocycles. The van der Waals surface area contributed by atoms with E-state index in [1.807, 2.05) is 0 Å². The summed E-state index contributed by atoms with van der Waals surface area (Å²) in [5.74, 6) is -1.79. The van der Waals surface area contributed by atoms with Gasteiger partial charge in [-0.15, -0.1) is 0 Å². The Labute approximate surface area is 140 Å². The zero-order valence-corrected chi connectivity index (χ0v) is 13.5. The Morgan fingerprint density at radius 3 is 2.50 bits per heavy atom. The fourth-order valence-corrected chi connectivity index (χ4v) is 2.16. The van der Waals surface area contributed by atoms with Gasteiger partial charge in [0, 0.05) is 19.2 Å². The Kier molecular flexibility index (Phi) is 6.74. The Morgan fingerprint density at radius 1 is 1.04 bits per heavy atom. The number of para-hydroxylation sites is 1. The average molecular weight is 333 g/mol. The van der Waals surface area contributed by atoms with Crippen LogP contribution in [0, 0.1) is 0 Å². The van der Waals surface area contributed by atoms with Gasteiger partial charge in [-0.1, -0.05) is 12.1 Å². The number of aliphatic hydroxyl groups is 1. The minimum atomic E-state index is -0.802. The topological polar surface area (TPSA) is 108 Å². The summed E-state index contributed by atoms with van der Waals surface area (Å²) >= 11 is 0. The second-order valence-corrected chi connectivity index (χ2v) is 5.79. The highest BCUT2D eigenvalue weighted by atomic mass is 16.3. The van der Waals surface area contributed by atoms with E-state index in [-0.39, 0.29) is 18.6 Å². The predicted molar refractivity (Wildman–Crippen MR) is 89.5 cm³/mol. The molecule has 0 unspecified atom stereocenters. The first kappa shape index (κ1) is 17.9. The van der Waals surface area contributed by atoms with Crippen LogP contribution in [0.15, 0.2) is 24.3 Å². The number of anilines is 1. The summed E-state index contributed by atoms with van der Waals surface area (Å²) in [6.45, 7) is 0.490. The third-order valence-electron chi connectivity index (χ3n) is 3.66. The van der Waals surface area contributed by atoms with Crippen molar-refractivity contribution in [1.29, 1.82) is 0 Å². The molecule has 3 amide bonds. The normalized spacial score (nSPS) is 13.2. The highest BCUT2D eigenvalue weighted by molar-refractivity contribution is 6.40. The molecule has 1 aromatic carbocycles. The van der Waals surface area contributed by atoms with Crippen LogP contribution in [0.25, 0.3) is 0 Å². The van der Waals surface area contributed by atoms with Gasteiger partial charge < -0.3 is 21.1 Å². The third kappa shape index (κ3) is 5.66. The molecule has 0 aliphatic heterocycles. The first-order valence-corrected chi connectivity index (χ1v) is 8.21. The summed E-state index contributed by atoms with van der Waals surface area (Å²) in [4.78, 5) is 35.9. The lowest BCUT2D eigenvalue weighted by atomic mass is 10.1. The lowest BCUT2D eigenvalue weighted by Gasteiger charge is -2.11. The number of nitrogens with one attached hydrogen (secondary N) is 3. The summed E-state index contributed by atoms with van der Waals surface area (Å²) in [5, 5.41) is 16.5. The van der Waals surface area contributed by atoms with Gasteiger partial charge in [0.2, 0.25) is 0 Å². The fourth-order valence-electron chi connectivity index (χ4n) is 2.16. The van der Waals surface area contributed by atoms with E-state index in [9.17, 15) is 14.4 Å². The van der Waals surface area contributed by atoms with Crippen molar-refractivity contribution in [2.45, 2.75) is 38.1 Å². The van der Waals surface area contributed by atoms with Gasteiger partial charge in [-0.2, -0.15) is 0 Å². The average Bonchev–Trinajstić information content (AvgIpc) is 3.38. The third-order valence-corrected chi connectivity index (χ3v) is 3.66. The molecular formula is C17H23N3O4. The molecule has 7 heteroatoms. The highest BCUT2D eigenvalue weighted by Gasteiger charge is 2.25. The summed E-state index contributed by atoms with van der Waals surface area (Å²) < 4.78 is 0. The van der Waals surface area contributed by atoms with E-state index in [2.05, 4.69) is 16.0 Å². The minimum Gasteiger partial charge on any atom is -0.396 e. The Balaban J connectivity index is 1.86. The smallest absolute Gasteiger partial charge is 0.313 e. The van der Waals surface area contributed by atoms with Crippen molar-refractivity contribution in [3.8, 4) is 0 Å². The monoisotopic (exact) mass is 333 g/mol. The number of unbranched alkanes of at least 4 members (excludes halogenated alkanes) is 2. The molecule has 2 rings (SSSR count). The van der Waals surface area contributed by atoms with Gasteiger partial charge in [0.1, 0.15) is 0 Å². The van der Waals surface area contributed by atoms with Crippen LogP contribution in [0.4, 0.5) is 5.69 Å². The van der Waals surface area contributed by atoms with Crippen LogP contribution in [0.1, 0.15) is 42.5 Å². The molecule has 0 heterocycles. The molecule has 1 fully saturated rings. The van der Waals surface area contributed by atoms with Crippen LogP contribution in [0.2, 0.25) is 0 Å². The Morgan fingerprint density at radius 2 is 1.79 bits per heavy atom. The van der Waals surface area contributed by atoms with E-state index in [1.54, 1.807) is 24.3 Å². The largest absolute Gasteiger partial charge is 0.396 e. The zero-order chi connectivity index (χ0) is 17.4. The zero-order valence-electron chi connectivity index (χ0n) is 13.5. The maximum absolute atomic E-state index is 12.2. The van der Waals surface area contributed by atoms with E-state index in [4.69, 9.17) is 5.11 Å². The lowest BCUT2D eigenvalue weighted by molar-refractivity contribution is -0.136. The molecule has 130 valence electrons.